The van der Waals surface area contributed by atoms with Crippen molar-refractivity contribution in [3.63, 3.8) is 0 Å². The Morgan fingerprint density at radius 1 is 1.36 bits per heavy atom. The summed E-state index contributed by atoms with van der Waals surface area (Å²) < 4.78 is 50.6. The van der Waals surface area contributed by atoms with Crippen molar-refractivity contribution in [2.75, 3.05) is 25.1 Å². The number of aromatic nitrogens is 2. The van der Waals surface area contributed by atoms with Crippen LogP contribution in [-0.2, 0) is 0 Å². The van der Waals surface area contributed by atoms with Crippen molar-refractivity contribution in [1.82, 2.24) is 9.55 Å². The lowest BCUT2D eigenvalue weighted by Crippen LogP contribution is -2.39. The van der Waals surface area contributed by atoms with Gasteiger partial charge in [-0.05, 0) is 25.8 Å². The summed E-state index contributed by atoms with van der Waals surface area (Å²) in [5, 5.41) is -0.0562. The molecule has 1 aliphatic heterocycles. The summed E-state index contributed by atoms with van der Waals surface area (Å²) in [7, 11) is 1.26. The van der Waals surface area contributed by atoms with Gasteiger partial charge in [0.2, 0.25) is 0 Å². The van der Waals surface area contributed by atoms with Crippen LogP contribution >= 0.6 is 0 Å². The SMILES string of the molecule is COc1c(N2CC(C(C)N)C(F)(F)C2)c(F)cc2c(=O)[nH]c(=O)n(C3CC3)c12. The Morgan fingerprint density at radius 2 is 2.04 bits per heavy atom. The average molecular weight is 398 g/mol. The Labute approximate surface area is 157 Å². The molecule has 2 fully saturated rings. The number of benzene rings is 1. The van der Waals surface area contributed by atoms with Gasteiger partial charge in [-0.15, -0.1) is 0 Å². The standard InChI is InChI=1S/C18H21F3N4O3/c1-8(22)11-6-24(7-18(11,20)21)14-12(19)5-10-13(15(14)28-2)25(9-3-4-9)17(27)23-16(10)26/h5,8-9,11H,3-4,6-7,22H2,1-2H3,(H,23,26,27). The van der Waals surface area contributed by atoms with E-state index in [1.165, 1.54) is 23.5 Å². The summed E-state index contributed by atoms with van der Waals surface area (Å²) in [6.45, 7) is 0.593. The van der Waals surface area contributed by atoms with Gasteiger partial charge in [-0.2, -0.15) is 0 Å². The van der Waals surface area contributed by atoms with Gasteiger partial charge in [-0.1, -0.05) is 0 Å². The summed E-state index contributed by atoms with van der Waals surface area (Å²) in [5.74, 6) is -5.22. The lowest BCUT2D eigenvalue weighted by molar-refractivity contribution is -0.0273. The van der Waals surface area contributed by atoms with E-state index in [0.29, 0.717) is 0 Å². The third-order valence-corrected chi connectivity index (χ3v) is 5.54. The molecule has 2 atom stereocenters. The van der Waals surface area contributed by atoms with Crippen LogP contribution in [0.25, 0.3) is 10.9 Å². The van der Waals surface area contributed by atoms with Crippen molar-refractivity contribution < 1.29 is 17.9 Å². The van der Waals surface area contributed by atoms with Crippen LogP contribution in [0.2, 0.25) is 0 Å². The predicted octanol–water partition coefficient (Wildman–Crippen LogP) is 1.59. The maximum Gasteiger partial charge on any atom is 0.329 e. The molecule has 2 aromatic rings. The molecule has 1 aromatic carbocycles. The summed E-state index contributed by atoms with van der Waals surface area (Å²) in [4.78, 5) is 28.0. The molecule has 2 aliphatic rings. The van der Waals surface area contributed by atoms with Gasteiger partial charge < -0.3 is 15.4 Å². The van der Waals surface area contributed by atoms with E-state index in [4.69, 9.17) is 10.5 Å². The number of nitrogens with one attached hydrogen (secondary N) is 1. The molecule has 1 saturated carbocycles. The summed E-state index contributed by atoms with van der Waals surface area (Å²) >= 11 is 0. The fourth-order valence-electron chi connectivity index (χ4n) is 4.04. The van der Waals surface area contributed by atoms with Crippen LogP contribution < -0.4 is 26.6 Å². The lowest BCUT2D eigenvalue weighted by Gasteiger charge is -2.24. The molecular weight excluding hydrogens is 377 g/mol. The van der Waals surface area contributed by atoms with Crippen molar-refractivity contribution in [3.8, 4) is 5.75 Å². The summed E-state index contributed by atoms with van der Waals surface area (Å²) in [5.41, 5.74) is 4.27. The van der Waals surface area contributed by atoms with Gasteiger partial charge >= 0.3 is 5.69 Å². The molecular formula is C18H21F3N4O3. The number of H-pyrrole nitrogens is 1. The van der Waals surface area contributed by atoms with Crippen molar-refractivity contribution in [2.45, 2.75) is 37.8 Å². The molecule has 0 radical (unpaired) electrons. The van der Waals surface area contributed by atoms with Crippen molar-refractivity contribution in [3.05, 3.63) is 32.7 Å². The first-order valence-corrected chi connectivity index (χ1v) is 9.09. The van der Waals surface area contributed by atoms with Crippen LogP contribution in [0.5, 0.6) is 5.75 Å². The van der Waals surface area contributed by atoms with E-state index < -0.39 is 41.5 Å². The third kappa shape index (κ3) is 2.78. The Hall–Kier alpha value is -2.49. The fourth-order valence-corrected chi connectivity index (χ4v) is 4.04. The van der Waals surface area contributed by atoms with E-state index in [1.807, 2.05) is 0 Å². The second-order valence-electron chi connectivity index (χ2n) is 7.60. The largest absolute Gasteiger partial charge is 0.492 e. The number of methoxy groups -OCH3 is 1. The number of anilines is 1. The lowest BCUT2D eigenvalue weighted by atomic mass is 9.98. The van der Waals surface area contributed by atoms with Crippen LogP contribution in [0.4, 0.5) is 18.9 Å². The van der Waals surface area contributed by atoms with Gasteiger partial charge in [0, 0.05) is 18.6 Å². The Bertz CT molecular complexity index is 1060. The molecule has 0 amide bonds. The highest BCUT2D eigenvalue weighted by Crippen LogP contribution is 2.45. The number of halogens is 3. The van der Waals surface area contributed by atoms with Gasteiger partial charge in [-0.25, -0.2) is 18.0 Å². The number of hydrogen-bond donors (Lipinski definition) is 2. The highest BCUT2D eigenvalue weighted by Gasteiger charge is 2.51. The van der Waals surface area contributed by atoms with Crippen molar-refractivity contribution in [1.29, 1.82) is 0 Å². The van der Waals surface area contributed by atoms with Crippen molar-refractivity contribution >= 4 is 16.6 Å². The van der Waals surface area contributed by atoms with E-state index in [-0.39, 0.29) is 34.9 Å². The summed E-state index contributed by atoms with van der Waals surface area (Å²) in [6.07, 6.45) is 1.46. The number of nitrogens with two attached hydrogens (primary N) is 1. The average Bonchev–Trinajstić information content (AvgIpc) is 3.37. The van der Waals surface area contributed by atoms with Gasteiger partial charge in [-0.3, -0.25) is 14.3 Å². The molecule has 1 aliphatic carbocycles. The van der Waals surface area contributed by atoms with Crippen molar-refractivity contribution in [2.24, 2.45) is 11.7 Å². The number of alkyl halides is 2. The molecule has 1 saturated heterocycles. The first kappa shape index (κ1) is 18.9. The Morgan fingerprint density at radius 3 is 2.57 bits per heavy atom. The minimum absolute atomic E-state index is 0.0562. The molecule has 1 aromatic heterocycles. The molecule has 7 nitrogen and oxygen atoms in total. The van der Waals surface area contributed by atoms with E-state index in [2.05, 4.69) is 4.98 Å². The van der Waals surface area contributed by atoms with Crippen LogP contribution in [0, 0.1) is 11.7 Å². The maximum atomic E-state index is 15.0. The molecule has 28 heavy (non-hydrogen) atoms. The van der Waals surface area contributed by atoms with E-state index in [1.54, 1.807) is 0 Å². The minimum atomic E-state index is -3.11. The van der Waals surface area contributed by atoms with E-state index >= 15 is 0 Å². The number of ether oxygens (including phenoxy) is 1. The zero-order valence-electron chi connectivity index (χ0n) is 15.5. The monoisotopic (exact) mass is 398 g/mol. The first-order chi connectivity index (χ1) is 13.2. The molecule has 152 valence electrons. The van der Waals surface area contributed by atoms with E-state index in [0.717, 1.165) is 18.9 Å². The number of rotatable bonds is 4. The smallest absolute Gasteiger partial charge is 0.329 e. The zero-order valence-corrected chi connectivity index (χ0v) is 15.5. The predicted molar refractivity (Wildman–Crippen MR) is 97.9 cm³/mol. The van der Waals surface area contributed by atoms with Crippen LogP contribution in [0.15, 0.2) is 15.7 Å². The molecule has 4 rings (SSSR count). The zero-order chi connectivity index (χ0) is 20.4. The highest BCUT2D eigenvalue weighted by molar-refractivity contribution is 5.91. The highest BCUT2D eigenvalue weighted by atomic mass is 19.3. The Kier molecular flexibility index (Phi) is 4.22. The quantitative estimate of drug-likeness (QED) is 0.816. The number of hydrogen-bond acceptors (Lipinski definition) is 5. The van der Waals surface area contributed by atoms with Crippen LogP contribution in [0.1, 0.15) is 25.8 Å². The molecule has 0 bridgehead atoms. The second-order valence-corrected chi connectivity index (χ2v) is 7.60. The second kappa shape index (κ2) is 6.26. The molecule has 0 spiro atoms. The molecule has 10 heteroatoms. The first-order valence-electron chi connectivity index (χ1n) is 9.09. The normalized spacial score (nSPS) is 22.6. The minimum Gasteiger partial charge on any atom is -0.492 e. The topological polar surface area (TPSA) is 93.3 Å². The summed E-state index contributed by atoms with van der Waals surface area (Å²) in [6, 6.07) is 0.0414. The van der Waals surface area contributed by atoms with E-state index in [9.17, 15) is 22.8 Å². The fraction of sp³-hybridized carbons (Fsp3) is 0.556. The maximum absolute atomic E-state index is 15.0. The molecule has 3 N–H and O–H groups in total. The number of fused-ring (bicyclic) bond motifs is 1. The van der Waals surface area contributed by atoms with Gasteiger partial charge in [0.1, 0.15) is 11.2 Å². The van der Waals surface area contributed by atoms with Crippen LogP contribution in [0.3, 0.4) is 0 Å². The van der Waals surface area contributed by atoms with Gasteiger partial charge in [0.15, 0.2) is 11.6 Å². The van der Waals surface area contributed by atoms with Gasteiger partial charge in [0.25, 0.3) is 11.5 Å². The molecule has 2 heterocycles. The number of aromatic amines is 1. The van der Waals surface area contributed by atoms with Gasteiger partial charge in [0.05, 0.1) is 25.0 Å². The third-order valence-electron chi connectivity index (χ3n) is 5.54. The number of nitrogens with zero attached hydrogens (tertiary/aromatic N) is 2. The van der Waals surface area contributed by atoms with Crippen LogP contribution in [-0.4, -0.2) is 41.7 Å². The molecule has 2 unspecified atom stereocenters. The Balaban J connectivity index is 1.98.